The van der Waals surface area contributed by atoms with Crippen LogP contribution in [0.1, 0.15) is 19.4 Å². The molecule has 3 nitrogen and oxygen atoms in total. The summed E-state index contributed by atoms with van der Waals surface area (Å²) in [5.41, 5.74) is 2.74. The summed E-state index contributed by atoms with van der Waals surface area (Å²) in [7, 11) is 4.41. The third kappa shape index (κ3) is 1.56. The van der Waals surface area contributed by atoms with Crippen molar-refractivity contribution in [3.05, 3.63) is 29.8 Å². The Morgan fingerprint density at radius 1 is 1.11 bits per heavy atom. The van der Waals surface area contributed by atoms with Crippen LogP contribution in [-0.4, -0.2) is 38.4 Å². The molecule has 4 heteroatoms. The third-order valence-corrected chi connectivity index (χ3v) is 4.35. The van der Waals surface area contributed by atoms with Crippen molar-refractivity contribution in [2.75, 3.05) is 27.3 Å². The summed E-state index contributed by atoms with van der Waals surface area (Å²) < 4.78 is 13.4. The molecule has 2 heterocycles. The Morgan fingerprint density at radius 3 is 2.39 bits per heavy atom. The minimum absolute atomic E-state index is 0.116. The highest BCUT2D eigenvalue weighted by molar-refractivity contribution is 6.76. The minimum Gasteiger partial charge on any atom is -0.509 e. The van der Waals surface area contributed by atoms with Gasteiger partial charge in [0.05, 0.1) is 6.54 Å². The van der Waals surface area contributed by atoms with Crippen molar-refractivity contribution >= 4 is 12.1 Å². The smallest absolute Gasteiger partial charge is 0.502 e. The van der Waals surface area contributed by atoms with Gasteiger partial charge in [-0.1, -0.05) is 43.6 Å². The van der Waals surface area contributed by atoms with Gasteiger partial charge in [0.2, 0.25) is 0 Å². The summed E-state index contributed by atoms with van der Waals surface area (Å²) in [5, 5.41) is 0. The second kappa shape index (κ2) is 3.59. The van der Waals surface area contributed by atoms with Crippen LogP contribution in [0.3, 0.4) is 0 Å². The van der Waals surface area contributed by atoms with Gasteiger partial charge in [0.25, 0.3) is 0 Å². The van der Waals surface area contributed by atoms with E-state index in [0.29, 0.717) is 0 Å². The third-order valence-electron chi connectivity index (χ3n) is 4.35. The van der Waals surface area contributed by atoms with E-state index in [1.54, 1.807) is 0 Å². The maximum absolute atomic E-state index is 6.30. The summed E-state index contributed by atoms with van der Waals surface area (Å²) in [6.45, 7) is 5.52. The van der Waals surface area contributed by atoms with Gasteiger partial charge in [0.1, 0.15) is 0 Å². The highest BCUT2D eigenvalue weighted by Gasteiger charge is 2.56. The Kier molecular flexibility index (Phi) is 2.44. The lowest BCUT2D eigenvalue weighted by Gasteiger charge is -2.54. The van der Waals surface area contributed by atoms with Crippen molar-refractivity contribution < 1.29 is 13.7 Å². The van der Waals surface area contributed by atoms with Gasteiger partial charge in [-0.2, -0.15) is 0 Å². The number of hydrogen-bond donors (Lipinski definition) is 0. The van der Waals surface area contributed by atoms with Crippen molar-refractivity contribution in [2.45, 2.75) is 20.4 Å². The van der Waals surface area contributed by atoms with E-state index in [2.05, 4.69) is 52.2 Å². The SMILES string of the molecule is CC1(C)CO[B-]2(OC1)c1ccccc1C[N+]2(C)C. The van der Waals surface area contributed by atoms with E-state index in [0.717, 1.165) is 24.2 Å². The lowest BCUT2D eigenvalue weighted by atomic mass is 9.60. The molecule has 1 aromatic rings. The van der Waals surface area contributed by atoms with Crippen LogP contribution in [0.15, 0.2) is 24.3 Å². The van der Waals surface area contributed by atoms with Crippen LogP contribution in [-0.2, 0) is 15.9 Å². The molecule has 0 atom stereocenters. The fraction of sp³-hybridized carbons (Fsp3) is 0.571. The van der Waals surface area contributed by atoms with Crippen LogP contribution >= 0.6 is 0 Å². The topological polar surface area (TPSA) is 18.5 Å². The summed E-state index contributed by atoms with van der Waals surface area (Å²) in [6.07, 6.45) is 0. The van der Waals surface area contributed by atoms with Crippen molar-refractivity contribution in [2.24, 2.45) is 5.41 Å². The standard InChI is InChI=1S/C14H22BNO2/c1-14(2)10-17-15(18-11-14)13-8-6-5-7-12(13)9-16(15,3)4/h5-8H,9-11H2,1-4H3. The quantitative estimate of drug-likeness (QED) is 0.647. The maximum atomic E-state index is 6.30. The van der Waals surface area contributed by atoms with Gasteiger partial charge >= 0.3 is 6.69 Å². The second-order valence-corrected chi connectivity index (χ2v) is 7.09. The van der Waals surface area contributed by atoms with Crippen LogP contribution in [0.4, 0.5) is 0 Å². The van der Waals surface area contributed by atoms with E-state index < -0.39 is 6.69 Å². The summed E-state index contributed by atoms with van der Waals surface area (Å²) in [4.78, 5) is 0. The Hall–Kier alpha value is -0.835. The van der Waals surface area contributed by atoms with Crippen LogP contribution in [0.25, 0.3) is 0 Å². The molecule has 0 aliphatic carbocycles. The normalized spacial score (nSPS) is 27.1. The number of rotatable bonds is 0. The molecule has 0 radical (unpaired) electrons. The zero-order valence-electron chi connectivity index (χ0n) is 11.8. The zero-order valence-corrected chi connectivity index (χ0v) is 11.8. The van der Waals surface area contributed by atoms with Crippen LogP contribution in [0, 0.1) is 5.41 Å². The Morgan fingerprint density at radius 2 is 1.72 bits per heavy atom. The molecule has 1 saturated heterocycles. The first kappa shape index (κ1) is 12.2. The monoisotopic (exact) mass is 247 g/mol. The van der Waals surface area contributed by atoms with Gasteiger partial charge in [-0.15, -0.1) is 0 Å². The number of benzene rings is 1. The molecule has 1 aromatic carbocycles. The van der Waals surface area contributed by atoms with E-state index in [-0.39, 0.29) is 5.41 Å². The van der Waals surface area contributed by atoms with E-state index in [1.807, 2.05) is 0 Å². The molecule has 0 bridgehead atoms. The Labute approximate surface area is 109 Å². The maximum Gasteiger partial charge on any atom is 0.502 e. The molecule has 18 heavy (non-hydrogen) atoms. The molecule has 0 saturated carbocycles. The van der Waals surface area contributed by atoms with Gasteiger partial charge in [-0.3, -0.25) is 0 Å². The molecule has 98 valence electrons. The first-order chi connectivity index (χ1) is 8.36. The lowest BCUT2D eigenvalue weighted by molar-refractivity contribution is -0.818. The van der Waals surface area contributed by atoms with Crippen LogP contribution in [0.5, 0.6) is 0 Å². The van der Waals surface area contributed by atoms with Crippen molar-refractivity contribution in [3.63, 3.8) is 0 Å². The summed E-state index contributed by atoms with van der Waals surface area (Å²) in [5.74, 6) is 0. The van der Waals surface area contributed by atoms with E-state index in [4.69, 9.17) is 9.31 Å². The molecule has 0 aromatic heterocycles. The van der Waals surface area contributed by atoms with Gasteiger partial charge in [-0.25, -0.2) is 0 Å². The average molecular weight is 247 g/mol. The van der Waals surface area contributed by atoms with Crippen molar-refractivity contribution in [1.82, 2.24) is 0 Å². The fourth-order valence-corrected chi connectivity index (χ4v) is 3.32. The molecule has 2 aliphatic heterocycles. The largest absolute Gasteiger partial charge is 0.509 e. The first-order valence-corrected chi connectivity index (χ1v) is 6.69. The number of quaternary nitrogens is 1. The van der Waals surface area contributed by atoms with E-state index in [9.17, 15) is 0 Å². The molecule has 0 N–H and O–H groups in total. The molecular weight excluding hydrogens is 225 g/mol. The number of fused-ring (bicyclic) bond motifs is 2. The number of nitrogens with zero attached hydrogens (tertiary/aromatic N) is 1. The minimum atomic E-state index is -1.38. The van der Waals surface area contributed by atoms with Crippen molar-refractivity contribution in [3.8, 4) is 0 Å². The Bertz CT molecular complexity index is 474. The zero-order chi connectivity index (χ0) is 13.0. The fourth-order valence-electron chi connectivity index (χ4n) is 3.32. The molecular formula is C14H22BNO2. The van der Waals surface area contributed by atoms with Crippen molar-refractivity contribution in [1.29, 1.82) is 0 Å². The lowest BCUT2D eigenvalue weighted by Crippen LogP contribution is -2.72. The first-order valence-electron chi connectivity index (χ1n) is 6.69. The predicted octanol–water partition coefficient (Wildman–Crippen LogP) is 1.50. The average Bonchev–Trinajstić information content (AvgIpc) is 2.51. The van der Waals surface area contributed by atoms with E-state index in [1.165, 1.54) is 11.0 Å². The van der Waals surface area contributed by atoms with Crippen LogP contribution < -0.4 is 5.46 Å². The highest BCUT2D eigenvalue weighted by atomic mass is 16.6. The van der Waals surface area contributed by atoms with E-state index >= 15 is 0 Å². The summed E-state index contributed by atoms with van der Waals surface area (Å²) in [6, 6.07) is 8.54. The molecule has 2 aliphatic rings. The Balaban J connectivity index is 2.05. The number of hydrogen-bond acceptors (Lipinski definition) is 2. The van der Waals surface area contributed by atoms with Gasteiger partial charge in [0.15, 0.2) is 0 Å². The van der Waals surface area contributed by atoms with Crippen LogP contribution in [0.2, 0.25) is 0 Å². The molecule has 0 amide bonds. The molecule has 1 fully saturated rings. The molecule has 1 spiro atoms. The predicted molar refractivity (Wildman–Crippen MR) is 73.3 cm³/mol. The highest BCUT2D eigenvalue weighted by Crippen LogP contribution is 2.36. The van der Waals surface area contributed by atoms with Gasteiger partial charge in [-0.05, 0) is 5.56 Å². The second-order valence-electron chi connectivity index (χ2n) is 7.09. The molecule has 3 rings (SSSR count). The van der Waals surface area contributed by atoms with Gasteiger partial charge < -0.3 is 13.7 Å². The van der Waals surface area contributed by atoms with Gasteiger partial charge in [0, 0.05) is 32.7 Å². The molecule has 0 unspecified atom stereocenters. The summed E-state index contributed by atoms with van der Waals surface area (Å²) >= 11 is 0.